The van der Waals surface area contributed by atoms with Crippen LogP contribution < -0.4 is 0 Å². The molecule has 17 heavy (non-hydrogen) atoms. The lowest BCUT2D eigenvalue weighted by Crippen LogP contribution is -2.43. The Morgan fingerprint density at radius 1 is 1.53 bits per heavy atom. The number of carbonyl (C=O) groups excluding carboxylic acids is 1. The van der Waals surface area contributed by atoms with Crippen LogP contribution in [0.25, 0.3) is 0 Å². The van der Waals surface area contributed by atoms with Crippen molar-refractivity contribution in [2.75, 3.05) is 6.54 Å². The van der Waals surface area contributed by atoms with Gasteiger partial charge in [0.05, 0.1) is 0 Å². The molecule has 8 nitrogen and oxygen atoms in total. The molecule has 8 heteroatoms. The molecule has 0 fully saturated rings. The van der Waals surface area contributed by atoms with Gasteiger partial charge in [-0.25, -0.2) is 4.68 Å². The number of rotatable bonds is 6. The van der Waals surface area contributed by atoms with E-state index < -0.39 is 5.97 Å². The number of carbonyl (C=O) groups is 2. The van der Waals surface area contributed by atoms with E-state index >= 15 is 0 Å². The number of amides is 1. The van der Waals surface area contributed by atoms with Crippen LogP contribution in [0.3, 0.4) is 0 Å². The fourth-order valence-corrected chi connectivity index (χ4v) is 1.34. The third kappa shape index (κ3) is 3.82. The van der Waals surface area contributed by atoms with E-state index in [1.165, 1.54) is 15.9 Å². The summed E-state index contributed by atoms with van der Waals surface area (Å²) in [5, 5.41) is 19.1. The SMILES string of the molecule is CCC(C)N(CC(=O)O)C(=O)Cn1cnnn1. The summed E-state index contributed by atoms with van der Waals surface area (Å²) in [6, 6.07) is -0.130. The van der Waals surface area contributed by atoms with Crippen LogP contribution in [0.15, 0.2) is 6.33 Å². The van der Waals surface area contributed by atoms with E-state index in [0.717, 1.165) is 0 Å². The van der Waals surface area contributed by atoms with Gasteiger partial charge in [-0.05, 0) is 23.8 Å². The number of carboxylic acid groups (broad SMARTS) is 1. The summed E-state index contributed by atoms with van der Waals surface area (Å²) in [4.78, 5) is 23.9. The summed E-state index contributed by atoms with van der Waals surface area (Å²) in [6.07, 6.45) is 2.00. The van der Waals surface area contributed by atoms with Crippen LogP contribution in [-0.4, -0.2) is 54.7 Å². The lowest BCUT2D eigenvalue weighted by atomic mass is 10.2. The van der Waals surface area contributed by atoms with E-state index in [1.807, 2.05) is 6.92 Å². The Morgan fingerprint density at radius 2 is 2.24 bits per heavy atom. The van der Waals surface area contributed by atoms with Gasteiger partial charge in [-0.15, -0.1) is 5.10 Å². The molecule has 0 bridgehead atoms. The highest BCUT2D eigenvalue weighted by Crippen LogP contribution is 2.04. The van der Waals surface area contributed by atoms with Gasteiger partial charge in [0, 0.05) is 6.04 Å². The average molecular weight is 241 g/mol. The van der Waals surface area contributed by atoms with Crippen LogP contribution >= 0.6 is 0 Å². The molecule has 0 saturated heterocycles. The van der Waals surface area contributed by atoms with Gasteiger partial charge in [0.2, 0.25) is 5.91 Å². The van der Waals surface area contributed by atoms with E-state index in [9.17, 15) is 9.59 Å². The summed E-state index contributed by atoms with van der Waals surface area (Å²) in [5.41, 5.74) is 0. The zero-order valence-electron chi connectivity index (χ0n) is 9.78. The highest BCUT2D eigenvalue weighted by molar-refractivity contribution is 5.81. The van der Waals surface area contributed by atoms with Crippen molar-refractivity contribution >= 4 is 11.9 Å². The molecule has 1 aromatic rings. The van der Waals surface area contributed by atoms with Gasteiger partial charge in [0.25, 0.3) is 0 Å². The third-order valence-electron chi connectivity index (χ3n) is 2.44. The highest BCUT2D eigenvalue weighted by atomic mass is 16.4. The van der Waals surface area contributed by atoms with Crippen LogP contribution in [0.4, 0.5) is 0 Å². The van der Waals surface area contributed by atoms with Gasteiger partial charge in [0.1, 0.15) is 19.4 Å². The smallest absolute Gasteiger partial charge is 0.323 e. The predicted molar refractivity (Wildman–Crippen MR) is 56.9 cm³/mol. The summed E-state index contributed by atoms with van der Waals surface area (Å²) in [5.74, 6) is -1.34. The number of aliphatic carboxylic acids is 1. The van der Waals surface area contributed by atoms with E-state index in [4.69, 9.17) is 5.11 Å². The molecule has 1 amide bonds. The van der Waals surface area contributed by atoms with Crippen LogP contribution in [0, 0.1) is 0 Å². The van der Waals surface area contributed by atoms with Gasteiger partial charge >= 0.3 is 5.97 Å². The quantitative estimate of drug-likeness (QED) is 0.712. The molecular weight excluding hydrogens is 226 g/mol. The molecule has 0 radical (unpaired) electrons. The molecule has 0 saturated carbocycles. The minimum absolute atomic E-state index is 0.0510. The maximum Gasteiger partial charge on any atom is 0.323 e. The standard InChI is InChI=1S/C9H15N5O3/c1-3-7(2)14(5-9(16)17)8(15)4-13-6-10-11-12-13/h6-7H,3-5H2,1-2H3,(H,16,17). The van der Waals surface area contributed by atoms with Gasteiger partial charge in [-0.1, -0.05) is 6.92 Å². The summed E-state index contributed by atoms with van der Waals surface area (Å²) in [7, 11) is 0. The fourth-order valence-electron chi connectivity index (χ4n) is 1.34. The molecule has 0 aliphatic rings. The van der Waals surface area contributed by atoms with E-state index in [1.54, 1.807) is 6.92 Å². The Kier molecular flexibility index (Phi) is 4.56. The molecule has 1 rings (SSSR count). The molecule has 1 N–H and O–H groups in total. The summed E-state index contributed by atoms with van der Waals surface area (Å²) < 4.78 is 1.26. The summed E-state index contributed by atoms with van der Waals surface area (Å²) >= 11 is 0. The molecule has 94 valence electrons. The van der Waals surface area contributed by atoms with Crippen molar-refractivity contribution in [3.63, 3.8) is 0 Å². The molecule has 1 aromatic heterocycles. The normalized spacial score (nSPS) is 12.1. The van der Waals surface area contributed by atoms with Gasteiger partial charge in [-0.3, -0.25) is 9.59 Å². The highest BCUT2D eigenvalue weighted by Gasteiger charge is 2.21. The van der Waals surface area contributed by atoms with Gasteiger partial charge in [-0.2, -0.15) is 0 Å². The number of nitrogens with zero attached hydrogens (tertiary/aromatic N) is 5. The molecular formula is C9H15N5O3. The van der Waals surface area contributed by atoms with Crippen LogP contribution in [-0.2, 0) is 16.1 Å². The average Bonchev–Trinajstić information content (AvgIpc) is 2.77. The molecule has 1 unspecified atom stereocenters. The molecule has 1 atom stereocenters. The Labute approximate surface area is 98.2 Å². The van der Waals surface area contributed by atoms with Crippen molar-refractivity contribution in [3.05, 3.63) is 6.33 Å². The first-order valence-electron chi connectivity index (χ1n) is 5.26. The first-order valence-corrected chi connectivity index (χ1v) is 5.26. The zero-order chi connectivity index (χ0) is 12.8. The monoisotopic (exact) mass is 241 g/mol. The first kappa shape index (κ1) is 13.1. The Hall–Kier alpha value is -1.99. The minimum Gasteiger partial charge on any atom is -0.480 e. The number of hydrogen-bond donors (Lipinski definition) is 1. The Balaban J connectivity index is 2.68. The van der Waals surface area contributed by atoms with Crippen LogP contribution in [0.5, 0.6) is 0 Å². The number of tetrazole rings is 1. The predicted octanol–water partition coefficient (Wildman–Crippen LogP) is -0.615. The van der Waals surface area contributed by atoms with Gasteiger partial charge < -0.3 is 10.0 Å². The first-order chi connectivity index (χ1) is 8.04. The molecule has 0 aromatic carbocycles. The number of aromatic nitrogens is 4. The maximum atomic E-state index is 11.9. The Bertz CT molecular complexity index is 378. The Morgan fingerprint density at radius 3 is 2.71 bits per heavy atom. The van der Waals surface area contributed by atoms with E-state index in [-0.39, 0.29) is 25.0 Å². The lowest BCUT2D eigenvalue weighted by Gasteiger charge is -2.26. The zero-order valence-corrected chi connectivity index (χ0v) is 9.78. The van der Waals surface area contributed by atoms with Crippen molar-refractivity contribution in [2.24, 2.45) is 0 Å². The van der Waals surface area contributed by atoms with Crippen molar-refractivity contribution in [1.82, 2.24) is 25.1 Å². The van der Waals surface area contributed by atoms with Crippen molar-refractivity contribution in [3.8, 4) is 0 Å². The maximum absolute atomic E-state index is 11.9. The van der Waals surface area contributed by atoms with Crippen molar-refractivity contribution < 1.29 is 14.7 Å². The van der Waals surface area contributed by atoms with Crippen molar-refractivity contribution in [1.29, 1.82) is 0 Å². The van der Waals surface area contributed by atoms with Gasteiger partial charge in [0.15, 0.2) is 0 Å². The topological polar surface area (TPSA) is 101 Å². The van der Waals surface area contributed by atoms with Crippen LogP contribution in [0.1, 0.15) is 20.3 Å². The number of carboxylic acids is 1. The number of hydrogen-bond acceptors (Lipinski definition) is 5. The van der Waals surface area contributed by atoms with E-state index in [0.29, 0.717) is 6.42 Å². The second-order valence-electron chi connectivity index (χ2n) is 3.68. The fraction of sp³-hybridized carbons (Fsp3) is 0.667. The van der Waals surface area contributed by atoms with Crippen LogP contribution in [0.2, 0.25) is 0 Å². The largest absolute Gasteiger partial charge is 0.480 e. The molecule has 0 aliphatic carbocycles. The second-order valence-corrected chi connectivity index (χ2v) is 3.68. The molecule has 0 aliphatic heterocycles. The van der Waals surface area contributed by atoms with Crippen molar-refractivity contribution in [2.45, 2.75) is 32.9 Å². The second kappa shape index (κ2) is 5.92. The summed E-state index contributed by atoms with van der Waals surface area (Å²) in [6.45, 7) is 3.34. The third-order valence-corrected chi connectivity index (χ3v) is 2.44. The van der Waals surface area contributed by atoms with E-state index in [2.05, 4.69) is 15.5 Å². The molecule has 0 spiro atoms. The minimum atomic E-state index is -1.03. The lowest BCUT2D eigenvalue weighted by molar-refractivity contribution is -0.146. The molecule has 1 heterocycles.